The van der Waals surface area contributed by atoms with Crippen molar-refractivity contribution in [3.05, 3.63) is 29.8 Å². The molecule has 1 aliphatic carbocycles. The summed E-state index contributed by atoms with van der Waals surface area (Å²) in [4.78, 5) is 0. The fourth-order valence-electron chi connectivity index (χ4n) is 2.10. The highest BCUT2D eigenvalue weighted by atomic mass is 16.3. The predicted octanol–water partition coefficient (Wildman–Crippen LogP) is 3.10. The zero-order valence-electron chi connectivity index (χ0n) is 10.9. The van der Waals surface area contributed by atoms with Gasteiger partial charge in [-0.1, -0.05) is 26.0 Å². The van der Waals surface area contributed by atoms with E-state index in [9.17, 15) is 5.11 Å². The molecule has 1 fully saturated rings. The molecule has 2 nitrogen and oxygen atoms in total. The summed E-state index contributed by atoms with van der Waals surface area (Å²) in [5.74, 6) is 0.350. The molecular weight excluding hydrogens is 210 g/mol. The summed E-state index contributed by atoms with van der Waals surface area (Å²) in [5, 5.41) is 12.9. The SMILES string of the molecule is CCC(C)(CNC1CC1)Cc1ccc(O)cc1. The van der Waals surface area contributed by atoms with Gasteiger partial charge in [-0.15, -0.1) is 0 Å². The van der Waals surface area contributed by atoms with E-state index in [0.29, 0.717) is 11.2 Å². The summed E-state index contributed by atoms with van der Waals surface area (Å²) in [5.41, 5.74) is 1.63. The normalized spacial score (nSPS) is 18.9. The van der Waals surface area contributed by atoms with Crippen LogP contribution in [0.4, 0.5) is 0 Å². The number of benzene rings is 1. The maximum atomic E-state index is 9.28. The summed E-state index contributed by atoms with van der Waals surface area (Å²) in [6.07, 6.45) is 4.94. The lowest BCUT2D eigenvalue weighted by atomic mass is 9.81. The van der Waals surface area contributed by atoms with Crippen molar-refractivity contribution in [2.45, 2.75) is 45.6 Å². The van der Waals surface area contributed by atoms with Crippen molar-refractivity contribution in [1.82, 2.24) is 5.32 Å². The molecule has 1 aromatic rings. The number of phenols is 1. The van der Waals surface area contributed by atoms with Crippen molar-refractivity contribution >= 4 is 0 Å². The maximum Gasteiger partial charge on any atom is 0.115 e. The summed E-state index contributed by atoms with van der Waals surface area (Å²) in [6, 6.07) is 8.39. The van der Waals surface area contributed by atoms with Gasteiger partial charge in [0.2, 0.25) is 0 Å². The van der Waals surface area contributed by atoms with Gasteiger partial charge in [0.05, 0.1) is 0 Å². The predicted molar refractivity (Wildman–Crippen MR) is 71.2 cm³/mol. The van der Waals surface area contributed by atoms with Crippen LogP contribution >= 0.6 is 0 Å². The van der Waals surface area contributed by atoms with Gasteiger partial charge in [0.1, 0.15) is 5.75 Å². The maximum absolute atomic E-state index is 9.28. The Morgan fingerprint density at radius 3 is 2.47 bits per heavy atom. The lowest BCUT2D eigenvalue weighted by molar-refractivity contribution is 0.289. The zero-order valence-corrected chi connectivity index (χ0v) is 10.9. The molecule has 17 heavy (non-hydrogen) atoms. The Morgan fingerprint density at radius 1 is 1.29 bits per heavy atom. The molecule has 0 saturated heterocycles. The van der Waals surface area contributed by atoms with E-state index in [-0.39, 0.29) is 0 Å². The lowest BCUT2D eigenvalue weighted by Crippen LogP contribution is -2.34. The Kier molecular flexibility index (Phi) is 3.72. The molecule has 0 spiro atoms. The Morgan fingerprint density at radius 2 is 1.94 bits per heavy atom. The third kappa shape index (κ3) is 3.74. The van der Waals surface area contributed by atoms with Crippen LogP contribution < -0.4 is 5.32 Å². The van der Waals surface area contributed by atoms with E-state index < -0.39 is 0 Å². The largest absolute Gasteiger partial charge is 0.508 e. The van der Waals surface area contributed by atoms with Crippen molar-refractivity contribution in [2.24, 2.45) is 5.41 Å². The standard InChI is InChI=1S/C15H23NO/c1-3-15(2,11-16-13-6-7-13)10-12-4-8-14(17)9-5-12/h4-5,8-9,13,16-17H,3,6-7,10-11H2,1-2H3. The summed E-state index contributed by atoms with van der Waals surface area (Å²) in [7, 11) is 0. The summed E-state index contributed by atoms with van der Waals surface area (Å²) < 4.78 is 0. The number of hydrogen-bond donors (Lipinski definition) is 2. The summed E-state index contributed by atoms with van der Waals surface area (Å²) >= 11 is 0. The Labute approximate surface area is 104 Å². The van der Waals surface area contributed by atoms with Gasteiger partial charge in [0.25, 0.3) is 0 Å². The van der Waals surface area contributed by atoms with E-state index in [2.05, 4.69) is 19.2 Å². The molecule has 2 rings (SSSR count). The highest BCUT2D eigenvalue weighted by Crippen LogP contribution is 2.28. The lowest BCUT2D eigenvalue weighted by Gasteiger charge is -2.29. The smallest absolute Gasteiger partial charge is 0.115 e. The van der Waals surface area contributed by atoms with Gasteiger partial charge in [-0.05, 0) is 48.8 Å². The Balaban J connectivity index is 1.94. The van der Waals surface area contributed by atoms with E-state index in [1.165, 1.54) is 24.8 Å². The van der Waals surface area contributed by atoms with Crippen LogP contribution in [-0.2, 0) is 6.42 Å². The third-order valence-corrected chi connectivity index (χ3v) is 3.82. The van der Waals surface area contributed by atoms with Crippen molar-refractivity contribution in [2.75, 3.05) is 6.54 Å². The highest BCUT2D eigenvalue weighted by Gasteiger charge is 2.27. The molecule has 0 bridgehead atoms. The molecule has 0 heterocycles. The summed E-state index contributed by atoms with van der Waals surface area (Å²) in [6.45, 7) is 5.69. The van der Waals surface area contributed by atoms with Crippen LogP contribution in [0.25, 0.3) is 0 Å². The van der Waals surface area contributed by atoms with Crippen molar-refractivity contribution in [1.29, 1.82) is 0 Å². The molecule has 1 unspecified atom stereocenters. The van der Waals surface area contributed by atoms with Crippen LogP contribution in [0, 0.1) is 5.41 Å². The second-order valence-electron chi connectivity index (χ2n) is 5.66. The van der Waals surface area contributed by atoms with Crippen LogP contribution in [-0.4, -0.2) is 17.7 Å². The van der Waals surface area contributed by atoms with Gasteiger partial charge in [-0.3, -0.25) is 0 Å². The molecule has 2 heteroatoms. The number of nitrogens with one attached hydrogen (secondary N) is 1. The second-order valence-corrected chi connectivity index (χ2v) is 5.66. The Bertz CT molecular complexity index is 356. The molecule has 1 aromatic carbocycles. The van der Waals surface area contributed by atoms with E-state index >= 15 is 0 Å². The van der Waals surface area contributed by atoms with Gasteiger partial charge in [-0.25, -0.2) is 0 Å². The molecule has 0 radical (unpaired) electrons. The molecule has 2 N–H and O–H groups in total. The van der Waals surface area contributed by atoms with Gasteiger partial charge in [-0.2, -0.15) is 0 Å². The second kappa shape index (κ2) is 5.09. The zero-order chi connectivity index (χ0) is 12.3. The molecular formula is C15H23NO. The molecule has 1 aliphatic rings. The van der Waals surface area contributed by atoms with Crippen LogP contribution in [0.2, 0.25) is 0 Å². The number of aromatic hydroxyl groups is 1. The van der Waals surface area contributed by atoms with Gasteiger partial charge >= 0.3 is 0 Å². The number of rotatable bonds is 6. The molecule has 0 aromatic heterocycles. The average Bonchev–Trinajstić information content (AvgIpc) is 3.14. The van der Waals surface area contributed by atoms with Crippen molar-refractivity contribution in [3.8, 4) is 5.75 Å². The molecule has 1 atom stereocenters. The molecule has 1 saturated carbocycles. The molecule has 94 valence electrons. The molecule has 0 aliphatic heterocycles. The van der Waals surface area contributed by atoms with Crippen LogP contribution in [0.1, 0.15) is 38.7 Å². The van der Waals surface area contributed by atoms with Crippen LogP contribution in [0.5, 0.6) is 5.75 Å². The first-order chi connectivity index (χ1) is 8.11. The highest BCUT2D eigenvalue weighted by molar-refractivity contribution is 5.26. The Hall–Kier alpha value is -1.02. The van der Waals surface area contributed by atoms with Crippen LogP contribution in [0.3, 0.4) is 0 Å². The third-order valence-electron chi connectivity index (χ3n) is 3.82. The monoisotopic (exact) mass is 233 g/mol. The van der Waals surface area contributed by atoms with Gasteiger partial charge in [0.15, 0.2) is 0 Å². The van der Waals surface area contributed by atoms with E-state index in [1.54, 1.807) is 12.1 Å². The first-order valence-electron chi connectivity index (χ1n) is 6.63. The van der Waals surface area contributed by atoms with E-state index in [0.717, 1.165) is 19.0 Å². The minimum Gasteiger partial charge on any atom is -0.508 e. The number of phenolic OH excluding ortho intramolecular Hbond substituents is 1. The fraction of sp³-hybridized carbons (Fsp3) is 0.600. The average molecular weight is 233 g/mol. The minimum atomic E-state index is 0.319. The first kappa shape index (κ1) is 12.4. The van der Waals surface area contributed by atoms with Crippen molar-refractivity contribution < 1.29 is 5.11 Å². The molecule has 0 amide bonds. The number of hydrogen-bond acceptors (Lipinski definition) is 2. The van der Waals surface area contributed by atoms with E-state index in [4.69, 9.17) is 0 Å². The topological polar surface area (TPSA) is 32.3 Å². The van der Waals surface area contributed by atoms with Crippen LogP contribution in [0.15, 0.2) is 24.3 Å². The fourth-order valence-corrected chi connectivity index (χ4v) is 2.10. The van der Waals surface area contributed by atoms with Gasteiger partial charge in [0, 0.05) is 12.6 Å². The van der Waals surface area contributed by atoms with Gasteiger partial charge < -0.3 is 10.4 Å². The first-order valence-corrected chi connectivity index (χ1v) is 6.63. The van der Waals surface area contributed by atoms with E-state index in [1.807, 2.05) is 12.1 Å². The minimum absolute atomic E-state index is 0.319. The quantitative estimate of drug-likeness (QED) is 0.791. The van der Waals surface area contributed by atoms with Crippen molar-refractivity contribution in [3.63, 3.8) is 0 Å².